The van der Waals surface area contributed by atoms with Crippen LogP contribution in [0.3, 0.4) is 0 Å². The van der Waals surface area contributed by atoms with Crippen LogP contribution in [0.25, 0.3) is 0 Å². The average molecular weight is 287 g/mol. The van der Waals surface area contributed by atoms with Crippen LogP contribution in [0.2, 0.25) is 0 Å². The van der Waals surface area contributed by atoms with Gasteiger partial charge in [0, 0.05) is 24.4 Å². The first-order valence-electron chi connectivity index (χ1n) is 4.46. The number of nitrogens with two attached hydrogens (primary N) is 1. The van der Waals surface area contributed by atoms with Gasteiger partial charge < -0.3 is 9.42 Å². The molecule has 3 atom stereocenters. The molecule has 3 N–H and O–H groups in total. The molecule has 1 unspecified atom stereocenters. The molecule has 10 heteroatoms. The molecule has 16 heavy (non-hydrogen) atoms. The number of carbonyl (C=O) groups is 1. The molecule has 1 rings (SSSR count). The van der Waals surface area contributed by atoms with E-state index >= 15 is 0 Å². The molecule has 0 aromatic carbocycles. The lowest BCUT2D eigenvalue weighted by Gasteiger charge is -2.22. The molecule has 0 saturated carbocycles. The van der Waals surface area contributed by atoms with Gasteiger partial charge in [0.05, 0.1) is 9.47 Å². The van der Waals surface area contributed by atoms with Crippen LogP contribution in [0.5, 0.6) is 0 Å². The molecule has 0 aromatic heterocycles. The van der Waals surface area contributed by atoms with E-state index < -0.39 is 16.3 Å². The van der Waals surface area contributed by atoms with Gasteiger partial charge in [-0.3, -0.25) is 0 Å². The zero-order valence-electron chi connectivity index (χ0n) is 8.37. The van der Waals surface area contributed by atoms with Gasteiger partial charge in [0.25, 0.3) is 10.2 Å². The van der Waals surface area contributed by atoms with Crippen LogP contribution in [0.4, 0.5) is 4.79 Å². The molecule has 1 heterocycles. The Hall–Kier alpha value is -0.0800. The Balaban J connectivity index is 2.60. The van der Waals surface area contributed by atoms with Gasteiger partial charge in [-0.2, -0.15) is 21.0 Å². The molecule has 1 aliphatic rings. The fourth-order valence-electron chi connectivity index (χ4n) is 1.59. The first-order chi connectivity index (χ1) is 7.33. The van der Waals surface area contributed by atoms with Crippen molar-refractivity contribution in [3.8, 4) is 0 Å². The van der Waals surface area contributed by atoms with Crippen LogP contribution in [0.15, 0.2) is 0 Å². The van der Waals surface area contributed by atoms with Crippen molar-refractivity contribution in [3.05, 3.63) is 0 Å². The third-order valence-corrected chi connectivity index (χ3v) is 3.39. The first kappa shape index (κ1) is 14.0. The lowest BCUT2D eigenvalue weighted by Crippen LogP contribution is -2.44. The number of amides is 1. The van der Waals surface area contributed by atoms with E-state index in [2.05, 4.69) is 21.9 Å². The molecular formula is C6H14N3O4PS2. The van der Waals surface area contributed by atoms with Crippen molar-refractivity contribution in [2.24, 2.45) is 5.14 Å². The Morgan fingerprint density at radius 2 is 2.31 bits per heavy atom. The first-order valence-corrected chi connectivity index (χ1v) is 6.99. The predicted molar refractivity (Wildman–Crippen MR) is 65.2 cm³/mol. The largest absolute Gasteiger partial charge is 0.435 e. The number of carbonyl (C=O) groups excluding carboxylic acids is 1. The Morgan fingerprint density at radius 3 is 2.81 bits per heavy atom. The van der Waals surface area contributed by atoms with Crippen LogP contribution >= 0.6 is 22.1 Å². The fourth-order valence-corrected chi connectivity index (χ4v) is 2.57. The summed E-state index contributed by atoms with van der Waals surface area (Å²) in [5.41, 5.74) is 0. The number of rotatable bonds is 3. The van der Waals surface area contributed by atoms with Crippen molar-refractivity contribution in [1.29, 1.82) is 0 Å². The normalized spacial score (nSPS) is 25.8. The topological polar surface area (TPSA) is 102 Å². The van der Waals surface area contributed by atoms with E-state index in [1.807, 2.05) is 9.47 Å². The van der Waals surface area contributed by atoms with Crippen LogP contribution < -0.4 is 9.86 Å². The Bertz CT molecular complexity index is 363. The van der Waals surface area contributed by atoms with Gasteiger partial charge in [0.1, 0.15) is 0 Å². The maximum absolute atomic E-state index is 11.3. The van der Waals surface area contributed by atoms with Gasteiger partial charge in [-0.05, 0) is 6.42 Å². The van der Waals surface area contributed by atoms with Gasteiger partial charge in [-0.1, -0.05) is 0 Å². The van der Waals surface area contributed by atoms with Gasteiger partial charge in [-0.25, -0.2) is 14.7 Å². The van der Waals surface area contributed by atoms with Crippen LogP contribution in [-0.4, -0.2) is 43.8 Å². The second kappa shape index (κ2) is 5.50. The van der Waals surface area contributed by atoms with Crippen molar-refractivity contribution in [1.82, 2.24) is 9.62 Å². The molecule has 7 nitrogen and oxygen atoms in total. The molecular weight excluding hydrogens is 273 g/mol. The average Bonchev–Trinajstić information content (AvgIpc) is 2.54. The number of nitrogens with zero attached hydrogens (tertiary/aromatic N) is 1. The highest BCUT2D eigenvalue weighted by atomic mass is 32.2. The summed E-state index contributed by atoms with van der Waals surface area (Å²) >= 11 is 4.25. The maximum Gasteiger partial charge on any atom is 0.412 e. The monoisotopic (exact) mass is 287 g/mol. The third kappa shape index (κ3) is 4.06. The molecule has 1 aliphatic heterocycles. The number of hydrogen-bond donors (Lipinski definition) is 3. The van der Waals surface area contributed by atoms with E-state index in [1.54, 1.807) is 0 Å². The van der Waals surface area contributed by atoms with E-state index in [0.717, 1.165) is 0 Å². The summed E-state index contributed by atoms with van der Waals surface area (Å²) < 4.78 is 28.1. The number of thiol groups is 1. The van der Waals surface area contributed by atoms with E-state index in [9.17, 15) is 13.2 Å². The second-order valence-electron chi connectivity index (χ2n) is 3.47. The zero-order valence-corrected chi connectivity index (χ0v) is 11.2. The van der Waals surface area contributed by atoms with E-state index in [4.69, 9.17) is 5.14 Å². The number of likely N-dealkylation sites (tertiary alicyclic amines) is 1. The van der Waals surface area contributed by atoms with Gasteiger partial charge in [0.2, 0.25) is 0 Å². The van der Waals surface area contributed by atoms with Crippen LogP contribution in [-0.2, 0) is 14.7 Å². The van der Waals surface area contributed by atoms with Crippen molar-refractivity contribution in [3.63, 3.8) is 0 Å². The molecule has 0 radical (unpaired) electrons. The zero-order chi connectivity index (χ0) is 12.3. The Morgan fingerprint density at radius 1 is 1.69 bits per heavy atom. The van der Waals surface area contributed by atoms with Crippen LogP contribution in [0, 0.1) is 0 Å². The Kier molecular flexibility index (Phi) is 4.81. The molecule has 1 saturated heterocycles. The predicted octanol–water partition coefficient (Wildman–Crippen LogP) is -0.921. The van der Waals surface area contributed by atoms with Crippen molar-refractivity contribution in [2.75, 3.05) is 13.1 Å². The van der Waals surface area contributed by atoms with E-state index in [-0.39, 0.29) is 17.8 Å². The molecule has 0 bridgehead atoms. The van der Waals surface area contributed by atoms with E-state index in [1.165, 1.54) is 4.90 Å². The maximum atomic E-state index is 11.3. The highest BCUT2D eigenvalue weighted by molar-refractivity contribution is 7.87. The van der Waals surface area contributed by atoms with E-state index in [0.29, 0.717) is 13.0 Å². The summed E-state index contributed by atoms with van der Waals surface area (Å²) in [6.45, 7) is 0.489. The number of nitrogens with one attached hydrogen (secondary N) is 1. The quantitative estimate of drug-likeness (QED) is 0.461. The molecule has 1 amide bonds. The molecule has 0 spiro atoms. The lowest BCUT2D eigenvalue weighted by molar-refractivity contribution is 0.155. The summed E-state index contributed by atoms with van der Waals surface area (Å²) in [5, 5.41) is 4.82. The molecule has 94 valence electrons. The SMILES string of the molecule is NS(=O)(=O)NC[C@@H]1C[C@H](S)CN1C(=O)OP. The minimum Gasteiger partial charge on any atom is -0.435 e. The molecule has 0 aromatic rings. The molecule has 1 fully saturated rings. The van der Waals surface area contributed by atoms with Crippen molar-refractivity contribution >= 4 is 38.4 Å². The van der Waals surface area contributed by atoms with Crippen LogP contribution in [0.1, 0.15) is 6.42 Å². The number of hydrogen-bond acceptors (Lipinski definition) is 5. The summed E-state index contributed by atoms with van der Waals surface area (Å²) in [6.07, 6.45) is 0.0635. The highest BCUT2D eigenvalue weighted by Crippen LogP contribution is 2.22. The van der Waals surface area contributed by atoms with Crippen molar-refractivity contribution < 1.29 is 17.7 Å². The lowest BCUT2D eigenvalue weighted by atomic mass is 10.2. The minimum absolute atomic E-state index is 0.0105. The summed E-state index contributed by atoms with van der Waals surface area (Å²) in [6, 6.07) is -0.283. The fraction of sp³-hybridized carbons (Fsp3) is 0.833. The Labute approximate surface area is 102 Å². The van der Waals surface area contributed by atoms with Gasteiger partial charge in [0.15, 0.2) is 0 Å². The summed E-state index contributed by atoms with van der Waals surface area (Å²) in [4.78, 5) is 12.8. The van der Waals surface area contributed by atoms with Crippen molar-refractivity contribution in [2.45, 2.75) is 17.7 Å². The highest BCUT2D eigenvalue weighted by Gasteiger charge is 2.34. The third-order valence-electron chi connectivity index (χ3n) is 2.25. The standard InChI is InChI=1S/C6H14N3O4PS2/c7-16(11,12)8-2-4-1-5(15)3-9(4)6(10)13-14/h4-5,8,15H,1-3,14H2,(H2,7,11,12)/t4-,5-/m0/s1. The van der Waals surface area contributed by atoms with Gasteiger partial charge >= 0.3 is 6.09 Å². The molecule has 0 aliphatic carbocycles. The second-order valence-corrected chi connectivity index (χ2v) is 5.82. The smallest absolute Gasteiger partial charge is 0.412 e. The van der Waals surface area contributed by atoms with Gasteiger partial charge in [-0.15, -0.1) is 0 Å². The summed E-state index contributed by atoms with van der Waals surface area (Å²) in [5.74, 6) is 0. The summed E-state index contributed by atoms with van der Waals surface area (Å²) in [7, 11) is -1.89. The minimum atomic E-state index is -3.74.